The molecule has 0 unspecified atom stereocenters. The third-order valence-electron chi connectivity index (χ3n) is 12.8. The zero-order valence-electron chi connectivity index (χ0n) is 36.3. The van der Waals surface area contributed by atoms with Crippen LogP contribution in [0.25, 0.3) is 71.6 Å². The smallest absolute Gasteiger partial charge is 0.0788 e. The molecule has 3 aromatic heterocycles. The first-order chi connectivity index (χ1) is 30.0. The Labute approximate surface area is 363 Å². The summed E-state index contributed by atoms with van der Waals surface area (Å²) in [4.78, 5) is 2.44. The van der Waals surface area contributed by atoms with E-state index in [1.807, 2.05) is 0 Å². The predicted molar refractivity (Wildman–Crippen MR) is 264 cm³/mol. The van der Waals surface area contributed by atoms with Crippen LogP contribution in [0.5, 0.6) is 0 Å². The fraction of sp³-hybridized carbons (Fsp3) is 0.138. The molecular weight excluding hydrogens is 753 g/mol. The Hall–Kier alpha value is -7.30. The highest BCUT2D eigenvalue weighted by molar-refractivity contribution is 6.19. The Kier molecular flexibility index (Phi) is 8.59. The van der Waals surface area contributed by atoms with Gasteiger partial charge in [-0.05, 0) is 119 Å². The highest BCUT2D eigenvalue weighted by atomic mass is 15.1. The van der Waals surface area contributed by atoms with E-state index >= 15 is 0 Å². The van der Waals surface area contributed by atoms with E-state index in [4.69, 9.17) is 0 Å². The average molecular weight is 803 g/mol. The number of anilines is 3. The Balaban J connectivity index is 1.15. The van der Waals surface area contributed by atoms with Crippen LogP contribution in [0, 0.1) is 0 Å². The van der Waals surface area contributed by atoms with Crippen molar-refractivity contribution in [2.75, 3.05) is 4.90 Å². The lowest BCUT2D eigenvalue weighted by Crippen LogP contribution is -2.13. The fourth-order valence-electron chi connectivity index (χ4n) is 9.55. The van der Waals surface area contributed by atoms with Gasteiger partial charge in [-0.25, -0.2) is 0 Å². The SMILES string of the molecule is CC(C)(C)c1ccc(N(c2ccc3c(c2)c2ccccc2n3-c2ccc(C(C)(C)C)cc2)c2ccc3c(c2)c2ccc4ccn(-c5ccccc5)c4c2n3-c2ccccc2)cc1. The summed E-state index contributed by atoms with van der Waals surface area (Å²) in [7, 11) is 0. The molecule has 8 aromatic carbocycles. The van der Waals surface area contributed by atoms with E-state index in [1.165, 1.54) is 71.3 Å². The maximum atomic E-state index is 2.45. The van der Waals surface area contributed by atoms with Gasteiger partial charge in [-0.2, -0.15) is 0 Å². The number of rotatable bonds is 6. The second-order valence-corrected chi connectivity index (χ2v) is 18.8. The number of aromatic nitrogens is 3. The molecule has 0 bridgehead atoms. The van der Waals surface area contributed by atoms with Crippen molar-refractivity contribution in [3.8, 4) is 17.1 Å². The first-order valence-electron chi connectivity index (χ1n) is 21.8. The molecule has 0 saturated heterocycles. The molecule has 4 heteroatoms. The number of fused-ring (bicyclic) bond motifs is 8. The highest BCUT2D eigenvalue weighted by Crippen LogP contribution is 2.44. The largest absolute Gasteiger partial charge is 0.315 e. The van der Waals surface area contributed by atoms with Gasteiger partial charge < -0.3 is 18.6 Å². The van der Waals surface area contributed by atoms with Gasteiger partial charge >= 0.3 is 0 Å². The Morgan fingerprint density at radius 3 is 1.48 bits per heavy atom. The number of benzene rings is 8. The molecule has 0 spiro atoms. The minimum Gasteiger partial charge on any atom is -0.315 e. The Bertz CT molecular complexity index is 3440. The number of nitrogens with zero attached hydrogens (tertiary/aromatic N) is 4. The highest BCUT2D eigenvalue weighted by Gasteiger charge is 2.23. The van der Waals surface area contributed by atoms with Crippen molar-refractivity contribution < 1.29 is 0 Å². The molecule has 0 N–H and O–H groups in total. The van der Waals surface area contributed by atoms with E-state index in [0.29, 0.717) is 0 Å². The topological polar surface area (TPSA) is 18.0 Å². The molecule has 302 valence electrons. The molecule has 3 heterocycles. The second kappa shape index (κ2) is 14.1. The molecule has 0 aliphatic carbocycles. The van der Waals surface area contributed by atoms with Gasteiger partial charge in [0.25, 0.3) is 0 Å². The van der Waals surface area contributed by atoms with Crippen LogP contribution in [-0.2, 0) is 10.8 Å². The summed E-state index contributed by atoms with van der Waals surface area (Å²) in [5, 5.41) is 6.09. The minimum absolute atomic E-state index is 0.0378. The van der Waals surface area contributed by atoms with Crippen LogP contribution in [0.3, 0.4) is 0 Å². The van der Waals surface area contributed by atoms with Crippen LogP contribution in [0.15, 0.2) is 194 Å². The lowest BCUT2D eigenvalue weighted by Gasteiger charge is -2.27. The first-order valence-corrected chi connectivity index (χ1v) is 21.8. The van der Waals surface area contributed by atoms with Crippen LogP contribution < -0.4 is 4.90 Å². The zero-order chi connectivity index (χ0) is 42.3. The van der Waals surface area contributed by atoms with Crippen molar-refractivity contribution in [1.29, 1.82) is 0 Å². The standard InChI is InChI=1S/C58H50N4/c1-57(2,3)40-22-26-44(27-23-40)60(46-30-33-53-50(37-46)48-19-13-14-20-52(48)61(53)45-28-24-41(25-29-45)58(4,5)6)47-31-34-54-51(38-47)49-32-21-39-35-36-59(42-15-9-7-10-16-42)55(39)56(49)62(54)43-17-11-8-12-18-43/h7-38H,1-6H3. The van der Waals surface area contributed by atoms with Crippen molar-refractivity contribution in [2.45, 2.75) is 52.4 Å². The summed E-state index contributed by atoms with van der Waals surface area (Å²) in [6.45, 7) is 13.7. The lowest BCUT2D eigenvalue weighted by molar-refractivity contribution is 0.590. The summed E-state index contributed by atoms with van der Waals surface area (Å²) in [6, 6.07) is 69.4. The maximum absolute atomic E-state index is 2.45. The van der Waals surface area contributed by atoms with Crippen LogP contribution in [0.2, 0.25) is 0 Å². The fourth-order valence-corrected chi connectivity index (χ4v) is 9.55. The van der Waals surface area contributed by atoms with Gasteiger partial charge in [-0.1, -0.05) is 133 Å². The summed E-state index contributed by atoms with van der Waals surface area (Å²) < 4.78 is 7.21. The molecule has 11 aromatic rings. The van der Waals surface area contributed by atoms with Crippen molar-refractivity contribution >= 4 is 71.6 Å². The van der Waals surface area contributed by atoms with E-state index in [-0.39, 0.29) is 10.8 Å². The molecule has 11 rings (SSSR count). The van der Waals surface area contributed by atoms with E-state index in [1.54, 1.807) is 0 Å². The van der Waals surface area contributed by atoms with Crippen LogP contribution in [0.4, 0.5) is 17.1 Å². The van der Waals surface area contributed by atoms with Crippen molar-refractivity contribution in [1.82, 2.24) is 13.7 Å². The number of hydrogen-bond donors (Lipinski definition) is 0. The Morgan fingerprint density at radius 2 is 0.855 bits per heavy atom. The van der Waals surface area contributed by atoms with Crippen LogP contribution in [0.1, 0.15) is 52.7 Å². The molecule has 0 fully saturated rings. The van der Waals surface area contributed by atoms with Gasteiger partial charge in [-0.3, -0.25) is 0 Å². The summed E-state index contributed by atoms with van der Waals surface area (Å²) >= 11 is 0. The molecule has 0 radical (unpaired) electrons. The van der Waals surface area contributed by atoms with Gasteiger partial charge in [0.15, 0.2) is 0 Å². The third kappa shape index (κ3) is 6.12. The van der Waals surface area contributed by atoms with E-state index < -0.39 is 0 Å². The summed E-state index contributed by atoms with van der Waals surface area (Å²) in [5.41, 5.74) is 15.5. The van der Waals surface area contributed by atoms with Crippen molar-refractivity contribution in [3.63, 3.8) is 0 Å². The van der Waals surface area contributed by atoms with Crippen molar-refractivity contribution in [2.24, 2.45) is 0 Å². The average Bonchev–Trinajstić information content (AvgIpc) is 3.97. The van der Waals surface area contributed by atoms with Crippen molar-refractivity contribution in [3.05, 3.63) is 205 Å². The van der Waals surface area contributed by atoms with E-state index in [0.717, 1.165) is 28.4 Å². The Morgan fingerprint density at radius 1 is 0.355 bits per heavy atom. The first kappa shape index (κ1) is 37.7. The molecule has 0 aliphatic rings. The van der Waals surface area contributed by atoms with Gasteiger partial charge in [-0.15, -0.1) is 0 Å². The molecule has 62 heavy (non-hydrogen) atoms. The molecule has 0 saturated carbocycles. The van der Waals surface area contributed by atoms with Gasteiger partial charge in [0.05, 0.1) is 27.6 Å². The van der Waals surface area contributed by atoms with Gasteiger partial charge in [0, 0.05) is 67.3 Å². The third-order valence-corrected chi connectivity index (χ3v) is 12.8. The molecule has 0 amide bonds. The molecule has 4 nitrogen and oxygen atoms in total. The zero-order valence-corrected chi connectivity index (χ0v) is 36.3. The van der Waals surface area contributed by atoms with Gasteiger partial charge in [0.1, 0.15) is 0 Å². The van der Waals surface area contributed by atoms with E-state index in [9.17, 15) is 0 Å². The minimum atomic E-state index is 0.0378. The molecular formula is C58H50N4. The predicted octanol–water partition coefficient (Wildman–Crippen LogP) is 15.9. The monoisotopic (exact) mass is 802 g/mol. The normalized spacial score (nSPS) is 12.4. The quantitative estimate of drug-likeness (QED) is 0.164. The summed E-state index contributed by atoms with van der Waals surface area (Å²) in [5.74, 6) is 0. The molecule has 0 atom stereocenters. The number of para-hydroxylation sites is 3. The summed E-state index contributed by atoms with van der Waals surface area (Å²) in [6.07, 6.45) is 2.20. The molecule has 0 aliphatic heterocycles. The van der Waals surface area contributed by atoms with E-state index in [2.05, 4.69) is 254 Å². The number of hydrogen-bond acceptors (Lipinski definition) is 1. The lowest BCUT2D eigenvalue weighted by atomic mass is 9.87. The van der Waals surface area contributed by atoms with Crippen LogP contribution in [-0.4, -0.2) is 13.7 Å². The second-order valence-electron chi connectivity index (χ2n) is 18.8. The maximum Gasteiger partial charge on any atom is 0.0788 e. The van der Waals surface area contributed by atoms with Gasteiger partial charge in [0.2, 0.25) is 0 Å². The van der Waals surface area contributed by atoms with Crippen LogP contribution >= 0.6 is 0 Å².